The van der Waals surface area contributed by atoms with Crippen LogP contribution in [0.5, 0.6) is 11.5 Å². The van der Waals surface area contributed by atoms with E-state index in [4.69, 9.17) is 9.47 Å². The third kappa shape index (κ3) is 6.32. The topological polar surface area (TPSA) is 136 Å². The summed E-state index contributed by atoms with van der Waals surface area (Å²) in [6, 6.07) is 17.0. The highest BCUT2D eigenvalue weighted by atomic mass is 32.2. The molecule has 0 radical (unpaired) electrons. The van der Waals surface area contributed by atoms with E-state index in [-0.39, 0.29) is 15.0 Å². The number of sulfone groups is 1. The van der Waals surface area contributed by atoms with Crippen LogP contribution in [0.25, 0.3) is 17.0 Å². The van der Waals surface area contributed by atoms with Crippen molar-refractivity contribution in [1.29, 1.82) is 5.26 Å². The molecular formula is C25H23N5O5S2. The maximum absolute atomic E-state index is 12.7. The Hall–Kier alpha value is -4.21. The van der Waals surface area contributed by atoms with Gasteiger partial charge in [0.25, 0.3) is 5.91 Å². The lowest BCUT2D eigenvalue weighted by Crippen LogP contribution is -2.13. The van der Waals surface area contributed by atoms with Crippen molar-refractivity contribution in [3.05, 3.63) is 65.9 Å². The summed E-state index contributed by atoms with van der Waals surface area (Å²) in [6.07, 6.45) is 5.11. The average Bonchev–Trinajstić information content (AvgIpc) is 3.50. The highest BCUT2D eigenvalue weighted by Gasteiger charge is 2.18. The summed E-state index contributed by atoms with van der Waals surface area (Å²) in [4.78, 5) is 12.7. The normalized spacial score (nSPS) is 11.8. The Morgan fingerprint density at radius 3 is 2.70 bits per heavy atom. The molecule has 1 N–H and O–H groups in total. The Morgan fingerprint density at radius 2 is 1.97 bits per heavy atom. The van der Waals surface area contributed by atoms with Crippen LogP contribution in [-0.4, -0.2) is 49.1 Å². The van der Waals surface area contributed by atoms with E-state index in [0.29, 0.717) is 18.7 Å². The van der Waals surface area contributed by atoms with Crippen LogP contribution < -0.4 is 14.8 Å². The second-order valence-corrected chi connectivity index (χ2v) is 11.1. The quantitative estimate of drug-likeness (QED) is 0.139. The zero-order valence-corrected chi connectivity index (χ0v) is 21.7. The molecule has 37 heavy (non-hydrogen) atoms. The van der Waals surface area contributed by atoms with E-state index in [9.17, 15) is 18.5 Å². The zero-order chi connectivity index (χ0) is 26.4. The fourth-order valence-electron chi connectivity index (χ4n) is 3.57. The predicted octanol–water partition coefficient (Wildman–Crippen LogP) is 3.92. The van der Waals surface area contributed by atoms with Crippen LogP contribution in [-0.2, 0) is 21.2 Å². The summed E-state index contributed by atoms with van der Waals surface area (Å²) in [5, 5.41) is 20.2. The molecular weight excluding hydrogens is 514 g/mol. The highest BCUT2D eigenvalue weighted by Crippen LogP contribution is 2.25. The maximum atomic E-state index is 12.7. The van der Waals surface area contributed by atoms with E-state index in [1.165, 1.54) is 6.08 Å². The van der Waals surface area contributed by atoms with Crippen molar-refractivity contribution in [2.45, 2.75) is 17.3 Å². The lowest BCUT2D eigenvalue weighted by molar-refractivity contribution is -0.112. The van der Waals surface area contributed by atoms with E-state index in [2.05, 4.69) is 15.5 Å². The summed E-state index contributed by atoms with van der Waals surface area (Å²) in [6.45, 7) is 1.15. The van der Waals surface area contributed by atoms with Gasteiger partial charge in [0.15, 0.2) is 0 Å². The SMILES string of the molecule is COc1cccc(OCCCn2cc(/C=C(/C#N)C(=O)Nc3nnc(S(C)(=O)=O)s3)c3ccccc32)c1. The van der Waals surface area contributed by atoms with Crippen LogP contribution in [0.3, 0.4) is 0 Å². The minimum atomic E-state index is -3.55. The molecule has 0 saturated carbocycles. The summed E-state index contributed by atoms with van der Waals surface area (Å²) in [5.41, 5.74) is 1.50. The van der Waals surface area contributed by atoms with Crippen LogP contribution in [0, 0.1) is 11.3 Å². The molecule has 12 heteroatoms. The number of rotatable bonds is 10. The molecule has 2 heterocycles. The molecule has 2 aromatic carbocycles. The maximum Gasteiger partial charge on any atom is 0.268 e. The molecule has 0 unspecified atom stereocenters. The first-order valence-corrected chi connectivity index (χ1v) is 13.8. The fourth-order valence-corrected chi connectivity index (χ4v) is 5.07. The van der Waals surface area contributed by atoms with Crippen LogP contribution in [0.1, 0.15) is 12.0 Å². The molecule has 4 aromatic rings. The molecule has 0 aliphatic carbocycles. The third-order valence-electron chi connectivity index (χ3n) is 5.28. The number of aryl methyl sites for hydroxylation is 1. The van der Waals surface area contributed by atoms with Gasteiger partial charge >= 0.3 is 0 Å². The first kappa shape index (κ1) is 25.9. The first-order valence-electron chi connectivity index (χ1n) is 11.1. The summed E-state index contributed by atoms with van der Waals surface area (Å²) in [7, 11) is -1.94. The number of nitriles is 1. The molecule has 0 aliphatic rings. The molecule has 0 fully saturated rings. The van der Waals surface area contributed by atoms with Crippen LogP contribution in [0.15, 0.2) is 64.6 Å². The van der Waals surface area contributed by atoms with Crippen molar-refractivity contribution < 1.29 is 22.7 Å². The van der Waals surface area contributed by atoms with Gasteiger partial charge < -0.3 is 14.0 Å². The van der Waals surface area contributed by atoms with Crippen LogP contribution >= 0.6 is 11.3 Å². The minimum Gasteiger partial charge on any atom is -0.497 e. The molecule has 0 spiro atoms. The van der Waals surface area contributed by atoms with Gasteiger partial charge in [-0.25, -0.2) is 8.42 Å². The summed E-state index contributed by atoms with van der Waals surface area (Å²) >= 11 is 0.719. The van der Waals surface area contributed by atoms with E-state index < -0.39 is 15.7 Å². The number of benzene rings is 2. The number of carbonyl (C=O) groups excluding carboxylic acids is 1. The van der Waals surface area contributed by atoms with Crippen molar-refractivity contribution in [2.75, 3.05) is 25.3 Å². The average molecular weight is 538 g/mol. The number of hydrogen-bond acceptors (Lipinski definition) is 9. The number of para-hydroxylation sites is 1. The van der Waals surface area contributed by atoms with Gasteiger partial charge in [-0.15, -0.1) is 10.2 Å². The Labute approximate surface area is 217 Å². The number of nitrogens with zero attached hydrogens (tertiary/aromatic N) is 4. The molecule has 1 amide bonds. The Bertz CT molecular complexity index is 1620. The number of hydrogen-bond donors (Lipinski definition) is 1. The Balaban J connectivity index is 1.48. The molecule has 10 nitrogen and oxygen atoms in total. The van der Waals surface area contributed by atoms with E-state index in [1.54, 1.807) is 7.11 Å². The number of fused-ring (bicyclic) bond motifs is 1. The van der Waals surface area contributed by atoms with E-state index in [1.807, 2.05) is 65.4 Å². The van der Waals surface area contributed by atoms with Crippen molar-refractivity contribution in [3.63, 3.8) is 0 Å². The van der Waals surface area contributed by atoms with Crippen molar-refractivity contribution >= 4 is 49.2 Å². The number of nitrogens with one attached hydrogen (secondary N) is 1. The van der Waals surface area contributed by atoms with E-state index in [0.717, 1.165) is 46.4 Å². The number of aromatic nitrogens is 3. The Kier molecular flexibility index (Phi) is 7.86. The minimum absolute atomic E-state index is 0.00922. The molecule has 2 aromatic heterocycles. The lowest BCUT2D eigenvalue weighted by Gasteiger charge is -2.09. The molecule has 4 rings (SSSR count). The van der Waals surface area contributed by atoms with Crippen LogP contribution in [0.4, 0.5) is 5.13 Å². The highest BCUT2D eigenvalue weighted by molar-refractivity contribution is 7.92. The molecule has 0 saturated heterocycles. The van der Waals surface area contributed by atoms with Gasteiger partial charge in [-0.1, -0.05) is 35.6 Å². The van der Waals surface area contributed by atoms with E-state index >= 15 is 0 Å². The van der Waals surface area contributed by atoms with Crippen molar-refractivity contribution in [3.8, 4) is 17.6 Å². The monoisotopic (exact) mass is 537 g/mol. The summed E-state index contributed by atoms with van der Waals surface area (Å²) < 4.78 is 36.1. The largest absolute Gasteiger partial charge is 0.497 e. The van der Waals surface area contributed by atoms with Crippen LogP contribution in [0.2, 0.25) is 0 Å². The molecule has 190 valence electrons. The van der Waals surface area contributed by atoms with Crippen molar-refractivity contribution in [1.82, 2.24) is 14.8 Å². The molecule has 0 aliphatic heterocycles. The van der Waals surface area contributed by atoms with Gasteiger partial charge in [-0.3, -0.25) is 10.1 Å². The number of amides is 1. The second-order valence-electron chi connectivity index (χ2n) is 7.95. The molecule has 0 atom stereocenters. The predicted molar refractivity (Wildman–Crippen MR) is 140 cm³/mol. The first-order chi connectivity index (χ1) is 17.8. The number of carbonyl (C=O) groups is 1. The smallest absolute Gasteiger partial charge is 0.268 e. The number of methoxy groups -OCH3 is 1. The number of ether oxygens (including phenoxy) is 2. The van der Waals surface area contributed by atoms with Crippen molar-refractivity contribution in [2.24, 2.45) is 0 Å². The van der Waals surface area contributed by atoms with Gasteiger partial charge in [-0.2, -0.15) is 5.26 Å². The van der Waals surface area contributed by atoms with Gasteiger partial charge in [0.1, 0.15) is 23.1 Å². The Morgan fingerprint density at radius 1 is 1.19 bits per heavy atom. The number of anilines is 1. The fraction of sp³-hybridized carbons (Fsp3) is 0.200. The molecule has 0 bridgehead atoms. The van der Waals surface area contributed by atoms with Gasteiger partial charge in [0.05, 0.1) is 13.7 Å². The lowest BCUT2D eigenvalue weighted by atomic mass is 10.1. The van der Waals surface area contributed by atoms with Gasteiger partial charge in [0.2, 0.25) is 19.3 Å². The second kappa shape index (κ2) is 11.2. The van der Waals surface area contributed by atoms with Gasteiger partial charge in [-0.05, 0) is 30.7 Å². The third-order valence-corrected chi connectivity index (χ3v) is 7.79. The summed E-state index contributed by atoms with van der Waals surface area (Å²) in [5.74, 6) is 0.746. The zero-order valence-electron chi connectivity index (χ0n) is 20.0. The standard InChI is InChI=1S/C25H23N5O5S2/c1-34-19-7-5-8-20(14-19)35-12-6-11-30-16-18(21-9-3-4-10-22(21)30)13-17(15-26)23(31)27-24-28-29-25(36-24)37(2,32)33/h3-5,7-10,13-14,16H,6,11-12H2,1-2H3,(H,27,28,31)/b17-13-. The van der Waals surface area contributed by atoms with Gasteiger partial charge in [0, 0.05) is 41.5 Å².